The van der Waals surface area contributed by atoms with Gasteiger partial charge in [-0.3, -0.25) is 14.4 Å². The predicted molar refractivity (Wildman–Crippen MR) is 164 cm³/mol. The van der Waals surface area contributed by atoms with Gasteiger partial charge in [0.15, 0.2) is 0 Å². The number of nitrogens with two attached hydrogens (primary N) is 1. The standard InChI is InChI=1S/C34H41FN4O3/c1-4-17-38(18-5-2)33(41)25-11-12-26-22-39(34(42)29(26)21-25)31(20-24-9-7-6-8-10-24)30(36)19-23(3)32(40)37-28-15-13-27(35)14-16-28/h6-16,21,23,30-31H,4-5,17-20,22,36H2,1-3H3,(H,37,40)/t23-,30+,31+/m1/s1. The molecule has 1 aliphatic heterocycles. The maximum absolute atomic E-state index is 13.9. The average molecular weight is 573 g/mol. The summed E-state index contributed by atoms with van der Waals surface area (Å²) in [5, 5.41) is 2.82. The van der Waals surface area contributed by atoms with Crippen LogP contribution in [0.5, 0.6) is 0 Å². The number of carbonyl (C=O) groups excluding carboxylic acids is 3. The Morgan fingerprint density at radius 3 is 2.31 bits per heavy atom. The summed E-state index contributed by atoms with van der Waals surface area (Å²) in [7, 11) is 0. The highest BCUT2D eigenvalue weighted by Crippen LogP contribution is 2.30. The Labute approximate surface area is 247 Å². The van der Waals surface area contributed by atoms with Crippen molar-refractivity contribution in [2.45, 2.75) is 65.1 Å². The lowest BCUT2D eigenvalue weighted by atomic mass is 9.91. The summed E-state index contributed by atoms with van der Waals surface area (Å²) in [6, 6.07) is 20.0. The van der Waals surface area contributed by atoms with Gasteiger partial charge in [-0.25, -0.2) is 4.39 Å². The van der Waals surface area contributed by atoms with Crippen molar-refractivity contribution < 1.29 is 18.8 Å². The molecule has 222 valence electrons. The number of benzene rings is 3. The molecular formula is C34H41FN4O3. The third-order valence-corrected chi connectivity index (χ3v) is 7.83. The third kappa shape index (κ3) is 7.42. The van der Waals surface area contributed by atoms with Gasteiger partial charge in [-0.1, -0.05) is 57.2 Å². The normalized spacial score (nSPS) is 14.7. The number of anilines is 1. The molecule has 0 spiro atoms. The molecule has 4 rings (SSSR count). The van der Waals surface area contributed by atoms with E-state index in [0.717, 1.165) is 24.0 Å². The number of nitrogens with zero attached hydrogens (tertiary/aromatic N) is 2. The number of fused-ring (bicyclic) bond motifs is 1. The molecule has 3 aromatic carbocycles. The Kier molecular flexibility index (Phi) is 10.5. The summed E-state index contributed by atoms with van der Waals surface area (Å²) in [5.41, 5.74) is 10.2. The van der Waals surface area contributed by atoms with Crippen LogP contribution in [0, 0.1) is 11.7 Å². The van der Waals surface area contributed by atoms with E-state index in [9.17, 15) is 18.8 Å². The van der Waals surface area contributed by atoms with Gasteiger partial charge in [-0.15, -0.1) is 0 Å². The van der Waals surface area contributed by atoms with Crippen molar-refractivity contribution in [3.05, 3.63) is 101 Å². The maximum Gasteiger partial charge on any atom is 0.254 e. The molecule has 3 atom stereocenters. The van der Waals surface area contributed by atoms with Crippen LogP contribution in [-0.2, 0) is 17.8 Å². The molecule has 0 bridgehead atoms. The Morgan fingerprint density at radius 1 is 1.00 bits per heavy atom. The van der Waals surface area contributed by atoms with Crippen molar-refractivity contribution in [2.24, 2.45) is 11.7 Å². The summed E-state index contributed by atoms with van der Waals surface area (Å²) < 4.78 is 13.3. The van der Waals surface area contributed by atoms with Crippen molar-refractivity contribution in [1.82, 2.24) is 9.80 Å². The van der Waals surface area contributed by atoms with E-state index in [1.54, 1.807) is 17.9 Å². The van der Waals surface area contributed by atoms with Crippen molar-refractivity contribution in [3.63, 3.8) is 0 Å². The smallest absolute Gasteiger partial charge is 0.254 e. The molecule has 0 unspecified atom stereocenters. The summed E-state index contributed by atoms with van der Waals surface area (Å²) >= 11 is 0. The molecule has 3 N–H and O–H groups in total. The summed E-state index contributed by atoms with van der Waals surface area (Å²) in [4.78, 5) is 43.7. The molecule has 0 saturated heterocycles. The third-order valence-electron chi connectivity index (χ3n) is 7.83. The highest BCUT2D eigenvalue weighted by molar-refractivity contribution is 6.02. The molecule has 0 aliphatic carbocycles. The second-order valence-electron chi connectivity index (χ2n) is 11.2. The van der Waals surface area contributed by atoms with Gasteiger partial charge in [0.05, 0.1) is 6.04 Å². The SMILES string of the molecule is CCCN(CCC)C(=O)c1ccc2c(c1)C(=O)N([C@@H](Cc1ccccc1)[C@@H](N)C[C@@H](C)C(=O)Nc1ccc(F)cc1)C2. The molecule has 7 nitrogen and oxygen atoms in total. The first-order chi connectivity index (χ1) is 20.2. The molecular weight excluding hydrogens is 531 g/mol. The van der Waals surface area contributed by atoms with Crippen LogP contribution in [0.25, 0.3) is 0 Å². The van der Waals surface area contributed by atoms with Crippen LogP contribution in [0.15, 0.2) is 72.8 Å². The zero-order chi connectivity index (χ0) is 30.2. The fourth-order valence-electron chi connectivity index (χ4n) is 5.58. The Balaban J connectivity index is 1.53. The number of rotatable bonds is 13. The molecule has 8 heteroatoms. The predicted octanol–water partition coefficient (Wildman–Crippen LogP) is 5.65. The Morgan fingerprint density at radius 2 is 1.67 bits per heavy atom. The van der Waals surface area contributed by atoms with Gasteiger partial charge in [0.2, 0.25) is 5.91 Å². The minimum Gasteiger partial charge on any atom is -0.339 e. The molecule has 3 aromatic rings. The van der Waals surface area contributed by atoms with Gasteiger partial charge in [0.25, 0.3) is 11.8 Å². The van der Waals surface area contributed by atoms with Crippen LogP contribution in [0.4, 0.5) is 10.1 Å². The summed E-state index contributed by atoms with van der Waals surface area (Å²) in [6.07, 6.45) is 2.60. The van der Waals surface area contributed by atoms with Crippen molar-refractivity contribution in [3.8, 4) is 0 Å². The van der Waals surface area contributed by atoms with Crippen LogP contribution < -0.4 is 11.1 Å². The Bertz CT molecular complexity index is 1370. The van der Waals surface area contributed by atoms with E-state index in [1.165, 1.54) is 24.3 Å². The number of hydrogen-bond acceptors (Lipinski definition) is 4. The van der Waals surface area contributed by atoms with E-state index in [4.69, 9.17) is 5.73 Å². The minimum absolute atomic E-state index is 0.0636. The van der Waals surface area contributed by atoms with Crippen molar-refractivity contribution in [2.75, 3.05) is 18.4 Å². The number of nitrogens with one attached hydrogen (secondary N) is 1. The minimum atomic E-state index is -0.497. The van der Waals surface area contributed by atoms with Gasteiger partial charge in [-0.2, -0.15) is 0 Å². The first-order valence-corrected chi connectivity index (χ1v) is 14.8. The average Bonchev–Trinajstić information content (AvgIpc) is 3.32. The molecule has 0 fully saturated rings. The topological polar surface area (TPSA) is 95.7 Å². The van der Waals surface area contributed by atoms with Gasteiger partial charge >= 0.3 is 0 Å². The van der Waals surface area contributed by atoms with E-state index >= 15 is 0 Å². The quantitative estimate of drug-likeness (QED) is 0.277. The van der Waals surface area contributed by atoms with Crippen LogP contribution in [-0.4, -0.2) is 52.7 Å². The number of hydrogen-bond donors (Lipinski definition) is 2. The van der Waals surface area contributed by atoms with E-state index < -0.39 is 12.0 Å². The second-order valence-corrected chi connectivity index (χ2v) is 11.2. The molecule has 42 heavy (non-hydrogen) atoms. The van der Waals surface area contributed by atoms with Crippen LogP contribution in [0.2, 0.25) is 0 Å². The van der Waals surface area contributed by atoms with E-state index in [2.05, 4.69) is 5.32 Å². The highest BCUT2D eigenvalue weighted by Gasteiger charge is 2.37. The second kappa shape index (κ2) is 14.2. The molecule has 0 saturated carbocycles. The summed E-state index contributed by atoms with van der Waals surface area (Å²) in [6.45, 7) is 7.62. The zero-order valence-electron chi connectivity index (χ0n) is 24.7. The number of amides is 3. The van der Waals surface area contributed by atoms with Gasteiger partial charge in [-0.05, 0) is 73.2 Å². The lowest BCUT2D eigenvalue weighted by molar-refractivity contribution is -0.119. The number of carbonyl (C=O) groups is 3. The molecule has 3 amide bonds. The van der Waals surface area contributed by atoms with Crippen LogP contribution in [0.3, 0.4) is 0 Å². The van der Waals surface area contributed by atoms with Crippen molar-refractivity contribution >= 4 is 23.4 Å². The van der Waals surface area contributed by atoms with Gasteiger partial charge < -0.3 is 20.9 Å². The van der Waals surface area contributed by atoms with Gasteiger partial charge in [0.1, 0.15) is 5.82 Å². The van der Waals surface area contributed by atoms with Crippen molar-refractivity contribution in [1.29, 1.82) is 0 Å². The first kappa shape index (κ1) is 30.9. The lowest BCUT2D eigenvalue weighted by Crippen LogP contribution is -2.50. The van der Waals surface area contributed by atoms with Crippen LogP contribution >= 0.6 is 0 Å². The van der Waals surface area contributed by atoms with E-state index in [-0.39, 0.29) is 29.6 Å². The van der Waals surface area contributed by atoms with Gasteiger partial charge in [0, 0.05) is 48.4 Å². The maximum atomic E-state index is 13.9. The van der Waals surface area contributed by atoms with Crippen LogP contribution in [0.1, 0.15) is 71.9 Å². The number of halogens is 1. The van der Waals surface area contributed by atoms with E-state index in [1.807, 2.05) is 61.2 Å². The fourth-order valence-corrected chi connectivity index (χ4v) is 5.58. The molecule has 0 radical (unpaired) electrons. The lowest BCUT2D eigenvalue weighted by Gasteiger charge is -2.34. The summed E-state index contributed by atoms with van der Waals surface area (Å²) in [5.74, 6) is -1.27. The monoisotopic (exact) mass is 572 g/mol. The molecule has 1 aliphatic rings. The zero-order valence-corrected chi connectivity index (χ0v) is 24.7. The highest BCUT2D eigenvalue weighted by atomic mass is 19.1. The largest absolute Gasteiger partial charge is 0.339 e. The first-order valence-electron chi connectivity index (χ1n) is 14.8. The Hall–Kier alpha value is -4.04. The molecule has 0 aromatic heterocycles. The fraction of sp³-hybridized carbons (Fsp3) is 0.382. The van der Waals surface area contributed by atoms with E-state index in [0.29, 0.717) is 49.3 Å². The molecule has 1 heterocycles.